The van der Waals surface area contributed by atoms with E-state index in [0.29, 0.717) is 37.7 Å². The van der Waals surface area contributed by atoms with Crippen LogP contribution in [0, 0.1) is 11.7 Å². The summed E-state index contributed by atoms with van der Waals surface area (Å²) in [4.78, 5) is 18.5. The number of hydrogen-bond donors (Lipinski definition) is 0. The van der Waals surface area contributed by atoms with E-state index in [2.05, 4.69) is 22.8 Å². The van der Waals surface area contributed by atoms with Crippen LogP contribution >= 0.6 is 0 Å². The van der Waals surface area contributed by atoms with Gasteiger partial charge in [0.15, 0.2) is 5.82 Å². The van der Waals surface area contributed by atoms with Gasteiger partial charge in [-0.25, -0.2) is 14.1 Å². The summed E-state index contributed by atoms with van der Waals surface area (Å²) in [6.45, 7) is 6.96. The Labute approximate surface area is 235 Å². The maximum Gasteiger partial charge on any atom is 0.250 e. The zero-order chi connectivity index (χ0) is 28.1. The summed E-state index contributed by atoms with van der Waals surface area (Å²) >= 11 is 0. The molecular weight excluding hydrogens is 511 g/mol. The molecule has 216 valence electrons. The zero-order valence-corrected chi connectivity index (χ0v) is 23.9. The fourth-order valence-electron chi connectivity index (χ4n) is 6.13. The number of pyridine rings is 1. The number of hydrogen-bond acceptors (Lipinski definition) is 6. The van der Waals surface area contributed by atoms with Crippen LogP contribution in [0.1, 0.15) is 76.1 Å². The first-order chi connectivity index (χ1) is 19.5. The van der Waals surface area contributed by atoms with Crippen molar-refractivity contribution in [3.8, 4) is 22.8 Å². The van der Waals surface area contributed by atoms with Gasteiger partial charge in [0.05, 0.1) is 55.8 Å². The number of nitrogens with zero attached hydrogens (tertiary/aromatic N) is 6. The molecule has 40 heavy (non-hydrogen) atoms. The minimum Gasteiger partial charge on any atom is -0.479 e. The number of halogens is 1. The van der Waals surface area contributed by atoms with Gasteiger partial charge in [0, 0.05) is 55.2 Å². The molecule has 5 heterocycles. The zero-order valence-electron chi connectivity index (χ0n) is 23.9. The van der Waals surface area contributed by atoms with Crippen LogP contribution in [0.5, 0.6) is 5.88 Å². The number of amides is 1. The molecule has 0 saturated carbocycles. The van der Waals surface area contributed by atoms with Crippen LogP contribution in [0.4, 0.5) is 4.39 Å². The lowest BCUT2D eigenvalue weighted by atomic mass is 9.93. The highest BCUT2D eigenvalue weighted by molar-refractivity contribution is 5.76. The highest BCUT2D eigenvalue weighted by atomic mass is 19.1. The fourth-order valence-corrected chi connectivity index (χ4v) is 6.13. The Morgan fingerprint density at radius 1 is 1.20 bits per heavy atom. The second-order valence-corrected chi connectivity index (χ2v) is 10.9. The van der Waals surface area contributed by atoms with Gasteiger partial charge in [-0.1, -0.05) is 39.5 Å². The molecule has 0 spiro atoms. The van der Waals surface area contributed by atoms with Crippen molar-refractivity contribution in [2.75, 3.05) is 33.4 Å². The molecule has 2 aliphatic heterocycles. The van der Waals surface area contributed by atoms with Crippen LogP contribution in [-0.4, -0.2) is 68.8 Å². The van der Waals surface area contributed by atoms with Gasteiger partial charge in [0.2, 0.25) is 11.8 Å². The number of unbranched alkanes of at least 4 members (excludes halogenated alkanes) is 3. The van der Waals surface area contributed by atoms with E-state index in [0.717, 1.165) is 61.3 Å². The van der Waals surface area contributed by atoms with Crippen molar-refractivity contribution in [3.63, 3.8) is 0 Å². The number of likely N-dealkylation sites (tertiary alicyclic amines) is 1. The van der Waals surface area contributed by atoms with E-state index < -0.39 is 5.82 Å². The average Bonchev–Trinajstić information content (AvgIpc) is 3.69. The van der Waals surface area contributed by atoms with Crippen LogP contribution in [0.15, 0.2) is 24.7 Å². The number of carbonyl (C=O) groups is 1. The van der Waals surface area contributed by atoms with Gasteiger partial charge in [-0.3, -0.25) is 9.48 Å². The third-order valence-electron chi connectivity index (χ3n) is 8.29. The Kier molecular flexibility index (Phi) is 9.14. The smallest absolute Gasteiger partial charge is 0.250 e. The molecule has 3 aromatic heterocycles. The average molecular weight is 553 g/mol. The van der Waals surface area contributed by atoms with Gasteiger partial charge in [-0.05, 0) is 19.3 Å². The summed E-state index contributed by atoms with van der Waals surface area (Å²) in [5.41, 5.74) is 4.45. The molecule has 5 rings (SSSR count). The number of rotatable bonds is 11. The predicted molar refractivity (Wildman–Crippen MR) is 150 cm³/mol. The monoisotopic (exact) mass is 552 g/mol. The Morgan fingerprint density at radius 2 is 2.05 bits per heavy atom. The summed E-state index contributed by atoms with van der Waals surface area (Å²) < 4.78 is 29.3. The third kappa shape index (κ3) is 5.92. The predicted octanol–water partition coefficient (Wildman–Crippen LogP) is 5.16. The largest absolute Gasteiger partial charge is 0.479 e. The maximum atomic E-state index is 14.6. The minimum atomic E-state index is -0.526. The first-order valence-electron chi connectivity index (χ1n) is 14.7. The first-order valence-corrected chi connectivity index (χ1v) is 14.7. The van der Waals surface area contributed by atoms with E-state index in [-0.39, 0.29) is 17.8 Å². The van der Waals surface area contributed by atoms with Gasteiger partial charge in [-0.15, -0.1) is 0 Å². The lowest BCUT2D eigenvalue weighted by Crippen LogP contribution is -2.30. The molecule has 1 fully saturated rings. The summed E-state index contributed by atoms with van der Waals surface area (Å²) in [6.07, 6.45) is 14.3. The van der Waals surface area contributed by atoms with Crippen molar-refractivity contribution in [1.29, 1.82) is 0 Å². The van der Waals surface area contributed by atoms with Crippen molar-refractivity contribution in [1.82, 2.24) is 29.4 Å². The number of ether oxygens (including phenoxy) is 2. The highest BCUT2D eigenvalue weighted by Gasteiger charge is 2.33. The van der Waals surface area contributed by atoms with E-state index in [9.17, 15) is 9.18 Å². The maximum absolute atomic E-state index is 14.6. The summed E-state index contributed by atoms with van der Waals surface area (Å²) in [6, 6.07) is 1.64. The quantitative estimate of drug-likeness (QED) is 0.305. The molecule has 1 unspecified atom stereocenters. The number of carbonyl (C=O) groups excluding carboxylic acids is 1. The van der Waals surface area contributed by atoms with Crippen molar-refractivity contribution in [3.05, 3.63) is 41.7 Å². The molecule has 3 aromatic rings. The lowest BCUT2D eigenvalue weighted by molar-refractivity contribution is -0.130. The highest BCUT2D eigenvalue weighted by Crippen LogP contribution is 2.35. The molecule has 2 aliphatic rings. The molecule has 10 heteroatoms. The second kappa shape index (κ2) is 12.9. The van der Waals surface area contributed by atoms with Gasteiger partial charge in [0.1, 0.15) is 0 Å². The van der Waals surface area contributed by atoms with Gasteiger partial charge >= 0.3 is 0 Å². The van der Waals surface area contributed by atoms with E-state index in [1.807, 2.05) is 18.0 Å². The molecular formula is C30H41FN6O3. The van der Waals surface area contributed by atoms with Crippen molar-refractivity contribution in [2.24, 2.45) is 5.92 Å². The molecule has 1 saturated heterocycles. The summed E-state index contributed by atoms with van der Waals surface area (Å²) in [7, 11) is 1.40. The van der Waals surface area contributed by atoms with E-state index >= 15 is 0 Å². The Balaban J connectivity index is 1.47. The molecule has 0 radical (unpaired) electrons. The minimum absolute atomic E-state index is 0.0390. The third-order valence-corrected chi connectivity index (χ3v) is 8.29. The lowest BCUT2D eigenvalue weighted by Gasteiger charge is -2.24. The van der Waals surface area contributed by atoms with Crippen LogP contribution in [-0.2, 0) is 22.4 Å². The van der Waals surface area contributed by atoms with Crippen LogP contribution in [0.25, 0.3) is 16.9 Å². The van der Waals surface area contributed by atoms with Crippen LogP contribution in [0.2, 0.25) is 0 Å². The van der Waals surface area contributed by atoms with E-state index in [1.54, 1.807) is 10.9 Å². The van der Waals surface area contributed by atoms with E-state index in [1.165, 1.54) is 32.4 Å². The molecule has 0 aromatic carbocycles. The van der Waals surface area contributed by atoms with Crippen LogP contribution in [0.3, 0.4) is 0 Å². The second-order valence-electron chi connectivity index (χ2n) is 10.9. The molecule has 1 amide bonds. The van der Waals surface area contributed by atoms with Gasteiger partial charge in [-0.2, -0.15) is 10.2 Å². The first kappa shape index (κ1) is 28.3. The SMILES string of the molecule is CCCCCCC([C@H]1CCN(C(=O)CC)C1)n1cc(-c2nn(-c3cnc(OC)c(F)c3)c3c2CCOCC3)cn1. The van der Waals surface area contributed by atoms with Crippen molar-refractivity contribution < 1.29 is 18.7 Å². The van der Waals surface area contributed by atoms with Crippen molar-refractivity contribution in [2.45, 2.75) is 77.7 Å². The Hall–Kier alpha value is -3.27. The Bertz CT molecular complexity index is 1300. The summed E-state index contributed by atoms with van der Waals surface area (Å²) in [5.74, 6) is 0.0408. The van der Waals surface area contributed by atoms with E-state index in [4.69, 9.17) is 19.7 Å². The number of methoxy groups -OCH3 is 1. The molecule has 0 N–H and O–H groups in total. The summed E-state index contributed by atoms with van der Waals surface area (Å²) in [5, 5.41) is 9.84. The standard InChI is InChI=1S/C30H41FN6O3/c1-4-6-7-8-9-26(21-10-13-35(19-21)28(38)5-2)36-20-22(17-33-36)29-24-11-14-40-15-12-27(24)37(34-29)23-16-25(31)30(39-3)32-18-23/h16-18,20-21,26H,4-15,19H2,1-3H3/t21-,26?/m0/s1. The number of fused-ring (bicyclic) bond motifs is 1. The molecule has 9 nitrogen and oxygen atoms in total. The Morgan fingerprint density at radius 3 is 2.83 bits per heavy atom. The van der Waals surface area contributed by atoms with Crippen molar-refractivity contribution >= 4 is 5.91 Å². The normalized spacial score (nSPS) is 18.0. The molecule has 0 aliphatic carbocycles. The fraction of sp³-hybridized carbons (Fsp3) is 0.600. The van der Waals surface area contributed by atoms with Crippen LogP contribution < -0.4 is 4.74 Å². The van der Waals surface area contributed by atoms with Gasteiger partial charge < -0.3 is 14.4 Å². The molecule has 0 bridgehead atoms. The molecule has 2 atom stereocenters. The number of aromatic nitrogens is 5. The van der Waals surface area contributed by atoms with Gasteiger partial charge in [0.25, 0.3) is 0 Å². The topological polar surface area (TPSA) is 87.3 Å².